The van der Waals surface area contributed by atoms with Crippen LogP contribution >= 0.6 is 0 Å². The Morgan fingerprint density at radius 3 is 2.48 bits per heavy atom. The quantitative estimate of drug-likeness (QED) is 0.613. The first-order chi connectivity index (χ1) is 11.7. The summed E-state index contributed by atoms with van der Waals surface area (Å²) in [4.78, 5) is 39.2. The highest BCUT2D eigenvalue weighted by molar-refractivity contribution is 6.02. The number of anilines is 1. The molecule has 0 fully saturated rings. The van der Waals surface area contributed by atoms with E-state index in [1.54, 1.807) is 33.8 Å². The highest BCUT2D eigenvalue weighted by Crippen LogP contribution is 2.20. The van der Waals surface area contributed by atoms with Crippen LogP contribution in [0.5, 0.6) is 0 Å². The number of amides is 1. The third kappa shape index (κ3) is 3.96. The summed E-state index contributed by atoms with van der Waals surface area (Å²) in [5.74, 6) is -0.530. The number of H-pyrrole nitrogens is 1. The second-order valence-corrected chi connectivity index (χ2v) is 5.80. The molecule has 2 aromatic rings. The van der Waals surface area contributed by atoms with E-state index in [4.69, 9.17) is 9.26 Å². The Kier molecular flexibility index (Phi) is 5.41. The predicted molar refractivity (Wildman–Crippen MR) is 89.6 cm³/mol. The third-order valence-corrected chi connectivity index (χ3v) is 3.79. The number of aromatic amines is 1. The van der Waals surface area contributed by atoms with E-state index in [0.717, 1.165) is 0 Å². The lowest BCUT2D eigenvalue weighted by Gasteiger charge is -2.15. The average Bonchev–Trinajstić information content (AvgIpc) is 3.07. The number of ketones is 1. The number of Topliss-reactive ketones (excluding diaryl/α,β-unsaturated/α-hetero) is 1. The van der Waals surface area contributed by atoms with Crippen molar-refractivity contribution in [3.63, 3.8) is 0 Å². The molecule has 8 heteroatoms. The number of hydrogen-bond donors (Lipinski definition) is 2. The van der Waals surface area contributed by atoms with Crippen molar-refractivity contribution in [2.75, 3.05) is 5.32 Å². The molecule has 2 N–H and O–H groups in total. The van der Waals surface area contributed by atoms with Gasteiger partial charge in [-0.1, -0.05) is 12.1 Å². The number of carbonyl (C=O) groups excluding carboxylic acids is 3. The first-order valence-corrected chi connectivity index (χ1v) is 7.89. The van der Waals surface area contributed by atoms with E-state index in [9.17, 15) is 14.4 Å². The highest BCUT2D eigenvalue weighted by atomic mass is 16.5. The molecule has 0 saturated carbocycles. The van der Waals surface area contributed by atoms with Gasteiger partial charge in [-0.25, -0.2) is 4.79 Å². The van der Waals surface area contributed by atoms with E-state index in [2.05, 4.69) is 15.5 Å². The van der Waals surface area contributed by atoms with Gasteiger partial charge in [0, 0.05) is 17.3 Å². The molecule has 0 spiro atoms. The standard InChI is InChI=1S/C17H21N3O5/c1-6-12(16(22)19-13-7-8(2)25-20-13)24-17(23)15-9(3)14(11(5)21)10(4)18-15/h7,12,18H,6H2,1-5H3,(H,19,20,22). The fraction of sp³-hybridized carbons (Fsp3) is 0.412. The van der Waals surface area contributed by atoms with E-state index in [-0.39, 0.29) is 23.7 Å². The van der Waals surface area contributed by atoms with Crippen LogP contribution in [0.15, 0.2) is 10.6 Å². The summed E-state index contributed by atoms with van der Waals surface area (Å²) in [7, 11) is 0. The van der Waals surface area contributed by atoms with Gasteiger partial charge >= 0.3 is 5.97 Å². The Morgan fingerprint density at radius 2 is 2.00 bits per heavy atom. The van der Waals surface area contributed by atoms with Crippen molar-refractivity contribution in [1.29, 1.82) is 0 Å². The number of nitrogens with zero attached hydrogens (tertiary/aromatic N) is 1. The molecule has 0 aliphatic rings. The molecule has 1 amide bonds. The molecule has 0 aliphatic heterocycles. The van der Waals surface area contributed by atoms with Crippen LogP contribution < -0.4 is 5.32 Å². The second-order valence-electron chi connectivity index (χ2n) is 5.80. The fourth-order valence-corrected chi connectivity index (χ4v) is 2.62. The molecule has 1 unspecified atom stereocenters. The SMILES string of the molecule is CCC(OC(=O)c1[nH]c(C)c(C(C)=O)c1C)C(=O)Nc1cc(C)on1. The van der Waals surface area contributed by atoms with Gasteiger partial charge in [-0.05, 0) is 39.7 Å². The van der Waals surface area contributed by atoms with Crippen LogP contribution in [0.2, 0.25) is 0 Å². The predicted octanol–water partition coefficient (Wildman–Crippen LogP) is 2.70. The molecular formula is C17H21N3O5. The first-order valence-electron chi connectivity index (χ1n) is 7.89. The molecule has 2 heterocycles. The van der Waals surface area contributed by atoms with Gasteiger partial charge in [0.15, 0.2) is 17.7 Å². The summed E-state index contributed by atoms with van der Waals surface area (Å²) in [5, 5.41) is 6.20. The Morgan fingerprint density at radius 1 is 1.32 bits per heavy atom. The van der Waals surface area contributed by atoms with Crippen LogP contribution in [0.3, 0.4) is 0 Å². The van der Waals surface area contributed by atoms with Gasteiger partial charge < -0.3 is 19.6 Å². The molecule has 2 aromatic heterocycles. The largest absolute Gasteiger partial charge is 0.448 e. The Labute approximate surface area is 144 Å². The van der Waals surface area contributed by atoms with Crippen LogP contribution in [-0.4, -0.2) is 33.9 Å². The maximum Gasteiger partial charge on any atom is 0.355 e. The van der Waals surface area contributed by atoms with Gasteiger partial charge in [0.25, 0.3) is 5.91 Å². The van der Waals surface area contributed by atoms with E-state index < -0.39 is 18.0 Å². The molecule has 1 atom stereocenters. The minimum atomic E-state index is -0.992. The lowest BCUT2D eigenvalue weighted by molar-refractivity contribution is -0.124. The van der Waals surface area contributed by atoms with Gasteiger partial charge in [0.2, 0.25) is 0 Å². The van der Waals surface area contributed by atoms with Crippen molar-refractivity contribution in [2.45, 2.75) is 47.1 Å². The molecular weight excluding hydrogens is 326 g/mol. The summed E-state index contributed by atoms with van der Waals surface area (Å²) in [6.07, 6.45) is -0.708. The normalized spacial score (nSPS) is 11.9. The third-order valence-electron chi connectivity index (χ3n) is 3.79. The van der Waals surface area contributed by atoms with Crippen molar-refractivity contribution in [2.24, 2.45) is 0 Å². The number of aromatic nitrogens is 2. The molecule has 0 radical (unpaired) electrons. The van der Waals surface area contributed by atoms with Crippen molar-refractivity contribution in [1.82, 2.24) is 10.1 Å². The summed E-state index contributed by atoms with van der Waals surface area (Å²) in [5.41, 5.74) is 1.73. The zero-order valence-electron chi connectivity index (χ0n) is 14.9. The molecule has 0 aliphatic carbocycles. The van der Waals surface area contributed by atoms with Crippen LogP contribution in [0.1, 0.15) is 58.1 Å². The lowest BCUT2D eigenvalue weighted by Crippen LogP contribution is -2.32. The van der Waals surface area contributed by atoms with Crippen LogP contribution in [0.25, 0.3) is 0 Å². The van der Waals surface area contributed by atoms with Crippen LogP contribution in [0, 0.1) is 20.8 Å². The van der Waals surface area contributed by atoms with E-state index in [1.807, 2.05) is 0 Å². The highest BCUT2D eigenvalue weighted by Gasteiger charge is 2.26. The summed E-state index contributed by atoms with van der Waals surface area (Å²) in [6.45, 7) is 8.22. The van der Waals surface area contributed by atoms with Gasteiger partial charge in [-0.3, -0.25) is 9.59 Å². The minimum Gasteiger partial charge on any atom is -0.448 e. The smallest absolute Gasteiger partial charge is 0.355 e. The minimum absolute atomic E-state index is 0.142. The van der Waals surface area contributed by atoms with Gasteiger partial charge in [-0.2, -0.15) is 0 Å². The average molecular weight is 347 g/mol. The zero-order chi connectivity index (χ0) is 18.7. The number of hydrogen-bond acceptors (Lipinski definition) is 6. The lowest BCUT2D eigenvalue weighted by atomic mass is 10.1. The fourth-order valence-electron chi connectivity index (χ4n) is 2.62. The molecule has 0 aromatic carbocycles. The Balaban J connectivity index is 2.13. The first kappa shape index (κ1) is 18.4. The van der Waals surface area contributed by atoms with Crippen molar-refractivity contribution >= 4 is 23.5 Å². The molecule has 0 bridgehead atoms. The van der Waals surface area contributed by atoms with Gasteiger partial charge in [0.05, 0.1) is 0 Å². The zero-order valence-corrected chi connectivity index (χ0v) is 14.9. The number of nitrogens with one attached hydrogen (secondary N) is 2. The maximum absolute atomic E-state index is 12.4. The number of carbonyl (C=O) groups is 3. The van der Waals surface area contributed by atoms with Crippen molar-refractivity contribution in [3.05, 3.63) is 34.3 Å². The number of aryl methyl sites for hydroxylation is 2. The molecule has 8 nitrogen and oxygen atoms in total. The summed E-state index contributed by atoms with van der Waals surface area (Å²) >= 11 is 0. The monoisotopic (exact) mass is 347 g/mol. The topological polar surface area (TPSA) is 114 Å². The Hall–Kier alpha value is -2.90. The van der Waals surface area contributed by atoms with Crippen molar-refractivity contribution < 1.29 is 23.6 Å². The van der Waals surface area contributed by atoms with Gasteiger partial charge in [-0.15, -0.1) is 0 Å². The molecule has 0 saturated heterocycles. The van der Waals surface area contributed by atoms with E-state index in [0.29, 0.717) is 22.6 Å². The Bertz CT molecular complexity index is 818. The van der Waals surface area contributed by atoms with E-state index >= 15 is 0 Å². The number of ether oxygens (including phenoxy) is 1. The molecule has 2 rings (SSSR count). The van der Waals surface area contributed by atoms with Crippen LogP contribution in [0.4, 0.5) is 5.82 Å². The van der Waals surface area contributed by atoms with E-state index in [1.165, 1.54) is 6.92 Å². The van der Waals surface area contributed by atoms with Crippen molar-refractivity contribution in [3.8, 4) is 0 Å². The van der Waals surface area contributed by atoms with Crippen LogP contribution in [-0.2, 0) is 9.53 Å². The summed E-state index contributed by atoms with van der Waals surface area (Å²) in [6, 6.07) is 1.56. The van der Waals surface area contributed by atoms with Gasteiger partial charge in [0.1, 0.15) is 11.5 Å². The summed E-state index contributed by atoms with van der Waals surface area (Å²) < 4.78 is 10.2. The number of esters is 1. The molecule has 134 valence electrons. The number of rotatable bonds is 6. The second kappa shape index (κ2) is 7.33. The maximum atomic E-state index is 12.4. The molecule has 25 heavy (non-hydrogen) atoms.